The van der Waals surface area contributed by atoms with Crippen LogP contribution in [0.25, 0.3) is 0 Å². The molecule has 7 nitrogen and oxygen atoms in total. The Hall–Kier alpha value is -2.12. The summed E-state index contributed by atoms with van der Waals surface area (Å²) in [6.07, 6.45) is 4.84. The summed E-state index contributed by atoms with van der Waals surface area (Å²) >= 11 is 5.91. The highest BCUT2D eigenvalue weighted by atomic mass is 35.5. The Morgan fingerprint density at radius 1 is 0.750 bits per heavy atom. The zero-order valence-corrected chi connectivity index (χ0v) is 19.4. The predicted molar refractivity (Wildman–Crippen MR) is 124 cm³/mol. The molecule has 3 aliphatic rings. The summed E-state index contributed by atoms with van der Waals surface area (Å²) in [5.41, 5.74) is 0.634. The molecular weight excluding hydrogens is 428 g/mol. The molecule has 0 saturated carbocycles. The number of rotatable bonds is 4. The van der Waals surface area contributed by atoms with Gasteiger partial charge in [-0.25, -0.2) is 0 Å². The fourth-order valence-corrected chi connectivity index (χ4v) is 5.05. The Bertz CT molecular complexity index is 809. The van der Waals surface area contributed by atoms with Gasteiger partial charge in [0.2, 0.25) is 11.8 Å². The summed E-state index contributed by atoms with van der Waals surface area (Å²) in [6.45, 7) is 6.29. The van der Waals surface area contributed by atoms with E-state index in [0.717, 1.165) is 39.0 Å². The van der Waals surface area contributed by atoms with E-state index in [2.05, 4.69) is 4.90 Å². The SMILES string of the molecule is O=C(CN1CCN(C(=O)C2CCN(C(=O)c3ccc(Cl)cc3)CC2)CC1)N1CCCCC1. The molecule has 0 unspecified atom stereocenters. The molecule has 0 aromatic heterocycles. The van der Waals surface area contributed by atoms with Gasteiger partial charge in [-0.1, -0.05) is 11.6 Å². The van der Waals surface area contributed by atoms with Crippen molar-refractivity contribution in [2.24, 2.45) is 5.92 Å². The van der Waals surface area contributed by atoms with E-state index < -0.39 is 0 Å². The van der Waals surface area contributed by atoms with Crippen molar-refractivity contribution < 1.29 is 14.4 Å². The van der Waals surface area contributed by atoms with Gasteiger partial charge in [-0.2, -0.15) is 0 Å². The van der Waals surface area contributed by atoms with Crippen LogP contribution in [0.2, 0.25) is 5.02 Å². The van der Waals surface area contributed by atoms with E-state index in [0.29, 0.717) is 56.2 Å². The molecule has 0 radical (unpaired) electrons. The summed E-state index contributed by atoms with van der Waals surface area (Å²) in [5, 5.41) is 0.613. The van der Waals surface area contributed by atoms with Crippen LogP contribution in [0.4, 0.5) is 0 Å². The number of carbonyl (C=O) groups is 3. The van der Waals surface area contributed by atoms with Crippen LogP contribution in [-0.4, -0.2) is 96.2 Å². The van der Waals surface area contributed by atoms with Gasteiger partial charge in [-0.15, -0.1) is 0 Å². The zero-order chi connectivity index (χ0) is 22.5. The van der Waals surface area contributed by atoms with Gasteiger partial charge in [0, 0.05) is 68.9 Å². The molecule has 4 rings (SSSR count). The van der Waals surface area contributed by atoms with E-state index in [-0.39, 0.29) is 23.6 Å². The first-order chi connectivity index (χ1) is 15.5. The third kappa shape index (κ3) is 5.62. The van der Waals surface area contributed by atoms with Crippen LogP contribution in [-0.2, 0) is 9.59 Å². The lowest BCUT2D eigenvalue weighted by Crippen LogP contribution is -2.54. The van der Waals surface area contributed by atoms with E-state index in [9.17, 15) is 14.4 Å². The number of nitrogens with zero attached hydrogens (tertiary/aromatic N) is 4. The Kier molecular flexibility index (Phi) is 7.68. The Balaban J connectivity index is 1.20. The number of piperidine rings is 2. The maximum Gasteiger partial charge on any atom is 0.253 e. The average Bonchev–Trinajstić information content (AvgIpc) is 2.85. The van der Waals surface area contributed by atoms with Crippen molar-refractivity contribution in [1.29, 1.82) is 0 Å². The Morgan fingerprint density at radius 2 is 1.38 bits per heavy atom. The maximum absolute atomic E-state index is 13.0. The number of benzene rings is 1. The van der Waals surface area contributed by atoms with Gasteiger partial charge in [0.1, 0.15) is 0 Å². The molecule has 3 amide bonds. The zero-order valence-electron chi connectivity index (χ0n) is 18.7. The van der Waals surface area contributed by atoms with E-state index in [1.54, 1.807) is 24.3 Å². The second-order valence-corrected chi connectivity index (χ2v) is 9.55. The van der Waals surface area contributed by atoms with Crippen molar-refractivity contribution in [1.82, 2.24) is 19.6 Å². The molecule has 3 aliphatic heterocycles. The normalized spacial score (nSPS) is 21.0. The molecule has 32 heavy (non-hydrogen) atoms. The third-order valence-electron chi connectivity index (χ3n) is 6.97. The van der Waals surface area contributed by atoms with Gasteiger partial charge in [0.15, 0.2) is 0 Å². The first-order valence-corrected chi connectivity index (χ1v) is 12.2. The number of likely N-dealkylation sites (tertiary alicyclic amines) is 2. The lowest BCUT2D eigenvalue weighted by Gasteiger charge is -2.39. The largest absolute Gasteiger partial charge is 0.342 e. The van der Waals surface area contributed by atoms with E-state index in [1.807, 2.05) is 14.7 Å². The molecule has 3 saturated heterocycles. The molecular formula is C24H33ClN4O3. The lowest BCUT2D eigenvalue weighted by atomic mass is 9.94. The standard InChI is InChI=1S/C24H33ClN4O3/c25-21-6-4-19(5-7-21)23(31)28-12-8-20(9-13-28)24(32)29-16-14-26(15-17-29)18-22(30)27-10-2-1-3-11-27/h4-7,20H,1-3,8-18H2. The summed E-state index contributed by atoms with van der Waals surface area (Å²) in [5.74, 6) is 0.401. The smallest absolute Gasteiger partial charge is 0.253 e. The van der Waals surface area contributed by atoms with Crippen LogP contribution < -0.4 is 0 Å². The third-order valence-corrected chi connectivity index (χ3v) is 7.23. The van der Waals surface area contributed by atoms with Crippen LogP contribution in [0, 0.1) is 5.92 Å². The second kappa shape index (κ2) is 10.7. The van der Waals surface area contributed by atoms with Gasteiger partial charge in [0.05, 0.1) is 6.54 Å². The van der Waals surface area contributed by atoms with Crippen molar-refractivity contribution in [2.75, 3.05) is 58.9 Å². The number of piperazine rings is 1. The van der Waals surface area contributed by atoms with Crippen molar-refractivity contribution in [2.45, 2.75) is 32.1 Å². The van der Waals surface area contributed by atoms with E-state index >= 15 is 0 Å². The van der Waals surface area contributed by atoms with Crippen LogP contribution in [0.1, 0.15) is 42.5 Å². The minimum Gasteiger partial charge on any atom is -0.342 e. The van der Waals surface area contributed by atoms with Gasteiger partial charge >= 0.3 is 0 Å². The number of amides is 3. The number of hydrogen-bond acceptors (Lipinski definition) is 4. The highest BCUT2D eigenvalue weighted by Crippen LogP contribution is 2.22. The fraction of sp³-hybridized carbons (Fsp3) is 0.625. The number of hydrogen-bond donors (Lipinski definition) is 0. The molecule has 0 spiro atoms. The van der Waals surface area contributed by atoms with Gasteiger partial charge in [-0.3, -0.25) is 19.3 Å². The van der Waals surface area contributed by atoms with Crippen molar-refractivity contribution >= 4 is 29.3 Å². The molecule has 8 heteroatoms. The quantitative estimate of drug-likeness (QED) is 0.691. The molecule has 0 N–H and O–H groups in total. The van der Waals surface area contributed by atoms with Crippen molar-refractivity contribution in [3.8, 4) is 0 Å². The van der Waals surface area contributed by atoms with E-state index in [4.69, 9.17) is 11.6 Å². The van der Waals surface area contributed by atoms with Crippen molar-refractivity contribution in [3.63, 3.8) is 0 Å². The topological polar surface area (TPSA) is 64.2 Å². The maximum atomic E-state index is 13.0. The molecule has 0 aliphatic carbocycles. The molecule has 1 aromatic rings. The lowest BCUT2D eigenvalue weighted by molar-refractivity contribution is -0.139. The van der Waals surface area contributed by atoms with Crippen LogP contribution in [0.5, 0.6) is 0 Å². The average molecular weight is 461 g/mol. The van der Waals surface area contributed by atoms with Crippen molar-refractivity contribution in [3.05, 3.63) is 34.9 Å². The molecule has 3 heterocycles. The van der Waals surface area contributed by atoms with E-state index in [1.165, 1.54) is 6.42 Å². The highest BCUT2D eigenvalue weighted by Gasteiger charge is 2.32. The Morgan fingerprint density at radius 3 is 2.00 bits per heavy atom. The predicted octanol–water partition coefficient (Wildman–Crippen LogP) is 2.35. The van der Waals surface area contributed by atoms with Gasteiger partial charge in [0.25, 0.3) is 5.91 Å². The fourth-order valence-electron chi connectivity index (χ4n) is 4.92. The molecule has 174 valence electrons. The second-order valence-electron chi connectivity index (χ2n) is 9.12. The molecule has 1 aromatic carbocycles. The minimum atomic E-state index is -0.0224. The Labute approximate surface area is 195 Å². The first-order valence-electron chi connectivity index (χ1n) is 11.8. The molecule has 3 fully saturated rings. The number of carbonyl (C=O) groups excluding carboxylic acids is 3. The van der Waals surface area contributed by atoms with Crippen LogP contribution in [0.15, 0.2) is 24.3 Å². The summed E-state index contributed by atoms with van der Waals surface area (Å²) < 4.78 is 0. The van der Waals surface area contributed by atoms with Crippen LogP contribution in [0.3, 0.4) is 0 Å². The first kappa shape index (κ1) is 23.1. The molecule has 0 atom stereocenters. The van der Waals surface area contributed by atoms with Gasteiger partial charge < -0.3 is 14.7 Å². The summed E-state index contributed by atoms with van der Waals surface area (Å²) in [7, 11) is 0. The monoisotopic (exact) mass is 460 g/mol. The van der Waals surface area contributed by atoms with Gasteiger partial charge in [-0.05, 0) is 56.4 Å². The minimum absolute atomic E-state index is 0.000414. The number of halogens is 1. The van der Waals surface area contributed by atoms with Crippen LogP contribution >= 0.6 is 11.6 Å². The summed E-state index contributed by atoms with van der Waals surface area (Å²) in [6, 6.07) is 6.95. The highest BCUT2D eigenvalue weighted by molar-refractivity contribution is 6.30. The molecule has 0 bridgehead atoms. The summed E-state index contributed by atoms with van der Waals surface area (Å²) in [4.78, 5) is 46.1.